The van der Waals surface area contributed by atoms with Crippen LogP contribution in [0.25, 0.3) is 4.96 Å². The van der Waals surface area contributed by atoms with Gasteiger partial charge in [0.1, 0.15) is 0 Å². The number of aliphatic hydroxyl groups is 1. The molecule has 2 rings (SSSR count). The average Bonchev–Trinajstić information content (AvgIpc) is 2.83. The molecule has 2 aromatic heterocycles. The molecule has 0 spiro atoms. The fourth-order valence-electron chi connectivity index (χ4n) is 1.67. The molecule has 1 N–H and O–H groups in total. The van der Waals surface area contributed by atoms with Crippen molar-refractivity contribution in [1.82, 2.24) is 9.38 Å². The lowest BCUT2D eigenvalue weighted by Gasteiger charge is -2.18. The van der Waals surface area contributed by atoms with Gasteiger partial charge in [0.05, 0.1) is 18.7 Å². The van der Waals surface area contributed by atoms with Gasteiger partial charge < -0.3 is 10.0 Å². The summed E-state index contributed by atoms with van der Waals surface area (Å²) in [5, 5.41) is 11.1. The van der Waals surface area contributed by atoms with Crippen LogP contribution in [0, 0.1) is 0 Å². The lowest BCUT2D eigenvalue weighted by molar-refractivity contribution is -0.132. The third-order valence-electron chi connectivity index (χ3n) is 2.58. The van der Waals surface area contributed by atoms with E-state index in [1.54, 1.807) is 16.0 Å². The molecule has 0 fully saturated rings. The van der Waals surface area contributed by atoms with Crippen molar-refractivity contribution in [1.29, 1.82) is 0 Å². The number of nitrogens with zero attached hydrogens (tertiary/aromatic N) is 3. The minimum atomic E-state index is -4.19. The molecular weight excluding hydrogens is 267 g/mol. The lowest BCUT2D eigenvalue weighted by atomic mass is 10.3. The summed E-state index contributed by atoms with van der Waals surface area (Å²) in [6, 6.07) is 0. The number of anilines is 1. The number of hydrogen-bond acceptors (Lipinski definition) is 4. The van der Waals surface area contributed by atoms with Crippen molar-refractivity contribution in [2.75, 3.05) is 18.5 Å². The summed E-state index contributed by atoms with van der Waals surface area (Å²) in [4.78, 5) is 6.30. The number of hydrogen-bond donors (Lipinski definition) is 1. The van der Waals surface area contributed by atoms with Crippen LogP contribution in [-0.4, -0.2) is 34.3 Å². The highest BCUT2D eigenvalue weighted by Crippen LogP contribution is 2.26. The SMILES string of the molecule is CN(CCC(F)(F)F)c1nc2sccn2c1CO. The van der Waals surface area contributed by atoms with Gasteiger partial charge >= 0.3 is 6.18 Å². The van der Waals surface area contributed by atoms with Gasteiger partial charge in [0.2, 0.25) is 0 Å². The summed E-state index contributed by atoms with van der Waals surface area (Å²) in [6.07, 6.45) is -3.36. The summed E-state index contributed by atoms with van der Waals surface area (Å²) in [5.74, 6) is 0.397. The molecule has 0 aliphatic heterocycles. The van der Waals surface area contributed by atoms with Crippen molar-refractivity contribution in [2.45, 2.75) is 19.2 Å². The van der Waals surface area contributed by atoms with Crippen molar-refractivity contribution in [3.05, 3.63) is 17.3 Å². The number of aromatic nitrogens is 2. The Labute approximate surface area is 105 Å². The molecule has 18 heavy (non-hydrogen) atoms. The number of halogens is 3. The highest BCUT2D eigenvalue weighted by Gasteiger charge is 2.28. The third-order valence-corrected chi connectivity index (χ3v) is 3.34. The van der Waals surface area contributed by atoms with Crippen LogP contribution in [0.2, 0.25) is 0 Å². The predicted octanol–water partition coefficient (Wildman–Crippen LogP) is 2.28. The zero-order chi connectivity index (χ0) is 13.3. The maximum absolute atomic E-state index is 12.2. The highest BCUT2D eigenvalue weighted by molar-refractivity contribution is 7.15. The molecule has 0 atom stereocenters. The zero-order valence-corrected chi connectivity index (χ0v) is 10.4. The molecule has 0 bridgehead atoms. The molecular formula is C10H12F3N3OS. The Morgan fingerprint density at radius 1 is 1.50 bits per heavy atom. The first-order valence-electron chi connectivity index (χ1n) is 5.25. The van der Waals surface area contributed by atoms with Gasteiger partial charge in [0, 0.05) is 25.2 Å². The van der Waals surface area contributed by atoms with E-state index in [4.69, 9.17) is 0 Å². The molecule has 2 heterocycles. The first-order valence-corrected chi connectivity index (χ1v) is 6.13. The fourth-order valence-corrected chi connectivity index (χ4v) is 2.40. The fraction of sp³-hybridized carbons (Fsp3) is 0.500. The molecule has 0 saturated heterocycles. The van der Waals surface area contributed by atoms with Crippen LogP contribution in [0.15, 0.2) is 11.6 Å². The maximum Gasteiger partial charge on any atom is 0.390 e. The standard InChI is InChI=1S/C10H12F3N3OS/c1-15(3-2-10(11,12)13)8-7(6-17)16-4-5-18-9(16)14-8/h4-5,17H,2-3,6H2,1H3. The molecule has 0 aromatic carbocycles. The van der Waals surface area contributed by atoms with Crippen molar-refractivity contribution < 1.29 is 18.3 Å². The molecule has 0 saturated carbocycles. The molecule has 0 aliphatic carbocycles. The van der Waals surface area contributed by atoms with Gasteiger partial charge in [-0.15, -0.1) is 11.3 Å². The van der Waals surface area contributed by atoms with Crippen LogP contribution in [0.4, 0.5) is 19.0 Å². The molecule has 0 amide bonds. The normalized spacial score (nSPS) is 12.3. The van der Waals surface area contributed by atoms with E-state index in [1.807, 2.05) is 0 Å². The van der Waals surface area contributed by atoms with Crippen LogP contribution in [0.3, 0.4) is 0 Å². The van der Waals surface area contributed by atoms with Crippen molar-refractivity contribution in [2.24, 2.45) is 0 Å². The van der Waals surface area contributed by atoms with Gasteiger partial charge in [-0.3, -0.25) is 4.40 Å². The van der Waals surface area contributed by atoms with Crippen LogP contribution < -0.4 is 4.90 Å². The number of aliphatic hydroxyl groups excluding tert-OH is 1. The third kappa shape index (κ3) is 2.59. The monoisotopic (exact) mass is 279 g/mol. The van der Waals surface area contributed by atoms with Gasteiger partial charge in [0.15, 0.2) is 10.8 Å². The van der Waals surface area contributed by atoms with Gasteiger partial charge in [-0.2, -0.15) is 13.2 Å². The predicted molar refractivity (Wildman–Crippen MR) is 62.9 cm³/mol. The molecule has 8 heteroatoms. The van der Waals surface area contributed by atoms with Gasteiger partial charge in [0.25, 0.3) is 0 Å². The summed E-state index contributed by atoms with van der Waals surface area (Å²) in [7, 11) is 1.54. The smallest absolute Gasteiger partial charge is 0.390 e. The number of fused-ring (bicyclic) bond motifs is 1. The highest BCUT2D eigenvalue weighted by atomic mass is 32.1. The van der Waals surface area contributed by atoms with E-state index in [9.17, 15) is 18.3 Å². The van der Waals surface area contributed by atoms with Gasteiger partial charge in [-0.25, -0.2) is 4.98 Å². The van der Waals surface area contributed by atoms with Crippen molar-refractivity contribution in [3.63, 3.8) is 0 Å². The topological polar surface area (TPSA) is 40.8 Å². The van der Waals surface area contributed by atoms with Crippen molar-refractivity contribution in [3.8, 4) is 0 Å². The van der Waals surface area contributed by atoms with Crippen molar-refractivity contribution >= 4 is 22.1 Å². The van der Waals surface area contributed by atoms with Crippen LogP contribution in [-0.2, 0) is 6.61 Å². The van der Waals surface area contributed by atoms with E-state index in [1.165, 1.54) is 23.3 Å². The molecule has 4 nitrogen and oxygen atoms in total. The Bertz CT molecular complexity index is 534. The Hall–Kier alpha value is -1.28. The summed E-state index contributed by atoms with van der Waals surface area (Å²) >= 11 is 1.37. The first-order chi connectivity index (χ1) is 8.42. The Balaban J connectivity index is 2.21. The zero-order valence-electron chi connectivity index (χ0n) is 9.61. The van der Waals surface area contributed by atoms with E-state index in [0.29, 0.717) is 16.5 Å². The minimum absolute atomic E-state index is 0.179. The molecule has 0 unspecified atom stereocenters. The molecule has 0 radical (unpaired) electrons. The number of rotatable bonds is 4. The quantitative estimate of drug-likeness (QED) is 0.933. The van der Waals surface area contributed by atoms with Gasteiger partial charge in [-0.1, -0.05) is 0 Å². The second kappa shape index (κ2) is 4.77. The Kier molecular flexibility index (Phi) is 3.49. The number of imidazole rings is 1. The largest absolute Gasteiger partial charge is 0.390 e. The van der Waals surface area contributed by atoms with Crippen LogP contribution in [0.5, 0.6) is 0 Å². The van der Waals surface area contributed by atoms with E-state index < -0.39 is 12.6 Å². The first kappa shape index (κ1) is 13.2. The van der Waals surface area contributed by atoms with E-state index >= 15 is 0 Å². The van der Waals surface area contributed by atoms with Crippen LogP contribution >= 0.6 is 11.3 Å². The van der Waals surface area contributed by atoms with Crippen LogP contribution in [0.1, 0.15) is 12.1 Å². The Morgan fingerprint density at radius 3 is 2.83 bits per heavy atom. The van der Waals surface area contributed by atoms with E-state index in [0.717, 1.165) is 0 Å². The number of thiazole rings is 1. The molecule has 2 aromatic rings. The minimum Gasteiger partial charge on any atom is -0.390 e. The summed E-state index contributed by atoms with van der Waals surface area (Å²) in [5.41, 5.74) is 0.510. The summed E-state index contributed by atoms with van der Waals surface area (Å²) in [6.45, 7) is -0.440. The lowest BCUT2D eigenvalue weighted by Crippen LogP contribution is -2.25. The second-order valence-electron chi connectivity index (χ2n) is 3.88. The maximum atomic E-state index is 12.2. The number of alkyl halides is 3. The molecule has 0 aliphatic rings. The molecule has 100 valence electrons. The summed E-state index contributed by atoms with van der Waals surface area (Å²) < 4.78 is 38.2. The van der Waals surface area contributed by atoms with E-state index in [2.05, 4.69) is 4.98 Å². The van der Waals surface area contributed by atoms with E-state index in [-0.39, 0.29) is 13.2 Å². The average molecular weight is 279 g/mol. The second-order valence-corrected chi connectivity index (χ2v) is 4.76. The van der Waals surface area contributed by atoms with Gasteiger partial charge in [-0.05, 0) is 0 Å². The Morgan fingerprint density at radius 2 is 2.22 bits per heavy atom.